The Kier molecular flexibility index (Phi) is 2.87. The lowest BCUT2D eigenvalue weighted by atomic mass is 10.1. The molecule has 0 heterocycles. The number of rotatable bonds is 3. The van der Waals surface area contributed by atoms with E-state index in [-0.39, 0.29) is 11.3 Å². The molecule has 4 heteroatoms. The van der Waals surface area contributed by atoms with Crippen molar-refractivity contribution < 1.29 is 19.7 Å². The highest BCUT2D eigenvalue weighted by atomic mass is 16.6. The number of aromatic hydroxyl groups is 1. The van der Waals surface area contributed by atoms with Crippen LogP contribution < -0.4 is 4.74 Å². The van der Waals surface area contributed by atoms with Gasteiger partial charge < -0.3 is 14.9 Å². The number of carbonyl (C=O) groups excluding carboxylic acids is 1. The molecule has 0 aromatic heterocycles. The van der Waals surface area contributed by atoms with Gasteiger partial charge in [-0.05, 0) is 18.6 Å². The number of aliphatic hydroxyl groups is 1. The van der Waals surface area contributed by atoms with Crippen LogP contribution in [0.5, 0.6) is 11.5 Å². The number of hydrogen-bond donors (Lipinski definition) is 2. The summed E-state index contributed by atoms with van der Waals surface area (Å²) in [6.07, 6.45) is 0.561. The van der Waals surface area contributed by atoms with Gasteiger partial charge in [-0.25, -0.2) is 0 Å². The van der Waals surface area contributed by atoms with Crippen LogP contribution in [0.25, 0.3) is 0 Å². The van der Waals surface area contributed by atoms with Crippen molar-refractivity contribution in [2.45, 2.75) is 6.92 Å². The minimum atomic E-state index is -0.458. The number of ether oxygens (including phenoxy) is 1. The molecular formula is C9H10O4. The predicted octanol–water partition coefficient (Wildman–Crippen LogP) is 0.842. The lowest BCUT2D eigenvalue weighted by Gasteiger charge is -2.07. The largest absolute Gasteiger partial charge is 0.507 e. The van der Waals surface area contributed by atoms with Crippen LogP contribution >= 0.6 is 0 Å². The van der Waals surface area contributed by atoms with Crippen molar-refractivity contribution in [2.24, 2.45) is 0 Å². The highest BCUT2D eigenvalue weighted by Crippen LogP contribution is 2.26. The summed E-state index contributed by atoms with van der Waals surface area (Å²) >= 11 is 0. The Bertz CT molecular complexity index is 320. The SMILES string of the molecule is Cc1cc(C=O)c(O)cc1OCO. The number of phenolic OH excluding ortho intramolecular Hbond substituents is 1. The molecule has 1 aromatic carbocycles. The molecule has 0 radical (unpaired) electrons. The summed E-state index contributed by atoms with van der Waals surface area (Å²) in [4.78, 5) is 10.4. The summed E-state index contributed by atoms with van der Waals surface area (Å²) in [5.74, 6) is 0.217. The van der Waals surface area contributed by atoms with Crippen LogP contribution in [0.15, 0.2) is 12.1 Å². The van der Waals surface area contributed by atoms with Gasteiger partial charge in [0, 0.05) is 6.07 Å². The zero-order chi connectivity index (χ0) is 9.84. The zero-order valence-electron chi connectivity index (χ0n) is 7.15. The predicted molar refractivity (Wildman–Crippen MR) is 45.9 cm³/mol. The third kappa shape index (κ3) is 1.97. The van der Waals surface area contributed by atoms with E-state index in [9.17, 15) is 9.90 Å². The molecule has 0 unspecified atom stereocenters. The number of aryl methyl sites for hydroxylation is 1. The number of aldehydes is 1. The molecule has 0 fully saturated rings. The highest BCUT2D eigenvalue weighted by Gasteiger charge is 2.06. The maximum atomic E-state index is 10.4. The normalized spacial score (nSPS) is 9.69. The van der Waals surface area contributed by atoms with Crippen molar-refractivity contribution in [3.05, 3.63) is 23.3 Å². The minimum absolute atomic E-state index is 0.149. The Morgan fingerprint density at radius 1 is 1.54 bits per heavy atom. The number of benzene rings is 1. The van der Waals surface area contributed by atoms with Crippen molar-refractivity contribution in [1.82, 2.24) is 0 Å². The average molecular weight is 182 g/mol. The molecule has 0 saturated heterocycles. The van der Waals surface area contributed by atoms with Crippen LogP contribution in [0, 0.1) is 6.92 Å². The van der Waals surface area contributed by atoms with E-state index in [1.165, 1.54) is 12.1 Å². The number of carbonyl (C=O) groups is 1. The summed E-state index contributed by atoms with van der Waals surface area (Å²) in [6, 6.07) is 2.79. The summed E-state index contributed by atoms with van der Waals surface area (Å²) < 4.78 is 4.80. The fourth-order valence-electron chi connectivity index (χ4n) is 1.02. The fourth-order valence-corrected chi connectivity index (χ4v) is 1.02. The molecule has 4 nitrogen and oxygen atoms in total. The lowest BCUT2D eigenvalue weighted by Crippen LogP contribution is -1.97. The van der Waals surface area contributed by atoms with Crippen LogP contribution in [0.4, 0.5) is 0 Å². The van der Waals surface area contributed by atoms with Gasteiger partial charge in [-0.3, -0.25) is 4.79 Å². The van der Waals surface area contributed by atoms with Gasteiger partial charge in [0.2, 0.25) is 0 Å². The van der Waals surface area contributed by atoms with Gasteiger partial charge >= 0.3 is 0 Å². The molecule has 70 valence electrons. The first kappa shape index (κ1) is 9.54. The van der Waals surface area contributed by atoms with Gasteiger partial charge in [-0.15, -0.1) is 0 Å². The number of hydrogen-bond acceptors (Lipinski definition) is 4. The first-order valence-electron chi connectivity index (χ1n) is 3.71. The van der Waals surface area contributed by atoms with E-state index in [2.05, 4.69) is 0 Å². The van der Waals surface area contributed by atoms with Gasteiger partial charge in [0.05, 0.1) is 5.56 Å². The molecule has 0 atom stereocenters. The first-order valence-corrected chi connectivity index (χ1v) is 3.71. The Morgan fingerprint density at radius 3 is 2.77 bits per heavy atom. The Morgan fingerprint density at radius 2 is 2.23 bits per heavy atom. The molecule has 0 aliphatic rings. The minimum Gasteiger partial charge on any atom is -0.507 e. The Labute approximate surface area is 75.4 Å². The van der Waals surface area contributed by atoms with Gasteiger partial charge in [0.15, 0.2) is 13.1 Å². The maximum absolute atomic E-state index is 10.4. The zero-order valence-corrected chi connectivity index (χ0v) is 7.15. The molecule has 0 aliphatic carbocycles. The standard InChI is InChI=1S/C9H10O4/c1-6-2-7(4-10)8(12)3-9(6)13-5-11/h2-4,11-12H,5H2,1H3. The smallest absolute Gasteiger partial charge is 0.186 e. The monoisotopic (exact) mass is 182 g/mol. The molecule has 0 aliphatic heterocycles. The van der Waals surface area contributed by atoms with E-state index in [4.69, 9.17) is 9.84 Å². The number of phenols is 1. The third-order valence-electron chi connectivity index (χ3n) is 1.67. The van der Waals surface area contributed by atoms with Gasteiger partial charge in [-0.1, -0.05) is 0 Å². The second-order valence-electron chi connectivity index (χ2n) is 2.57. The van der Waals surface area contributed by atoms with Crippen LogP contribution in [-0.4, -0.2) is 23.3 Å². The van der Waals surface area contributed by atoms with E-state index in [1.807, 2.05) is 0 Å². The summed E-state index contributed by atoms with van der Waals surface area (Å²) in [6.45, 7) is 1.26. The highest BCUT2D eigenvalue weighted by molar-refractivity contribution is 5.80. The van der Waals surface area contributed by atoms with Crippen LogP contribution in [0.1, 0.15) is 15.9 Å². The van der Waals surface area contributed by atoms with Crippen molar-refractivity contribution in [3.8, 4) is 11.5 Å². The molecule has 1 aromatic rings. The maximum Gasteiger partial charge on any atom is 0.186 e. The molecule has 0 spiro atoms. The molecule has 2 N–H and O–H groups in total. The van der Waals surface area contributed by atoms with Gasteiger partial charge in [-0.2, -0.15) is 0 Å². The van der Waals surface area contributed by atoms with Crippen LogP contribution in [0.3, 0.4) is 0 Å². The first-order chi connectivity index (χ1) is 6.19. The van der Waals surface area contributed by atoms with Crippen molar-refractivity contribution >= 4 is 6.29 Å². The molecule has 0 bridgehead atoms. The lowest BCUT2D eigenvalue weighted by molar-refractivity contribution is 0.0976. The Balaban J connectivity index is 3.12. The third-order valence-corrected chi connectivity index (χ3v) is 1.67. The quantitative estimate of drug-likeness (QED) is 0.537. The van der Waals surface area contributed by atoms with E-state index in [1.54, 1.807) is 6.92 Å². The Hall–Kier alpha value is -1.55. The van der Waals surface area contributed by atoms with Crippen molar-refractivity contribution in [1.29, 1.82) is 0 Å². The summed E-state index contributed by atoms with van der Waals surface area (Å²) in [7, 11) is 0. The summed E-state index contributed by atoms with van der Waals surface area (Å²) in [5.41, 5.74) is 0.900. The average Bonchev–Trinajstić information content (AvgIpc) is 2.11. The summed E-state index contributed by atoms with van der Waals surface area (Å²) in [5, 5.41) is 17.7. The topological polar surface area (TPSA) is 66.8 Å². The van der Waals surface area contributed by atoms with E-state index >= 15 is 0 Å². The molecule has 0 saturated carbocycles. The second-order valence-corrected chi connectivity index (χ2v) is 2.57. The van der Waals surface area contributed by atoms with E-state index < -0.39 is 6.79 Å². The number of aliphatic hydroxyl groups excluding tert-OH is 1. The van der Waals surface area contributed by atoms with Crippen molar-refractivity contribution in [2.75, 3.05) is 6.79 Å². The molecule has 1 rings (SSSR count). The molecular weight excluding hydrogens is 172 g/mol. The van der Waals surface area contributed by atoms with Crippen LogP contribution in [0.2, 0.25) is 0 Å². The van der Waals surface area contributed by atoms with Gasteiger partial charge in [0.1, 0.15) is 11.5 Å². The second kappa shape index (κ2) is 3.91. The molecule has 0 amide bonds. The van der Waals surface area contributed by atoms with E-state index in [0.29, 0.717) is 17.6 Å². The van der Waals surface area contributed by atoms with Crippen LogP contribution in [-0.2, 0) is 0 Å². The fraction of sp³-hybridized carbons (Fsp3) is 0.222. The van der Waals surface area contributed by atoms with E-state index in [0.717, 1.165) is 0 Å². The molecule has 13 heavy (non-hydrogen) atoms. The van der Waals surface area contributed by atoms with Crippen molar-refractivity contribution in [3.63, 3.8) is 0 Å². The van der Waals surface area contributed by atoms with Gasteiger partial charge in [0.25, 0.3) is 0 Å².